The second-order valence-corrected chi connectivity index (χ2v) is 5.37. The van der Waals surface area contributed by atoms with Crippen molar-refractivity contribution in [1.82, 2.24) is 10.6 Å². The first-order valence-corrected chi connectivity index (χ1v) is 7.76. The molecule has 2 N–H and O–H groups in total. The summed E-state index contributed by atoms with van der Waals surface area (Å²) < 4.78 is 10.6. The summed E-state index contributed by atoms with van der Waals surface area (Å²) in [5, 5.41) is 6.57. The van der Waals surface area contributed by atoms with Gasteiger partial charge in [0.2, 0.25) is 0 Å². The Labute approximate surface area is 141 Å². The Hall–Kier alpha value is -2.34. The van der Waals surface area contributed by atoms with Crippen LogP contribution in [0.3, 0.4) is 0 Å². The van der Waals surface area contributed by atoms with Crippen LogP contribution < -0.4 is 15.4 Å². The van der Waals surface area contributed by atoms with Crippen molar-refractivity contribution in [1.29, 1.82) is 0 Å². The molecule has 0 fully saturated rings. The van der Waals surface area contributed by atoms with Gasteiger partial charge in [0.25, 0.3) is 0 Å². The van der Waals surface area contributed by atoms with E-state index in [1.54, 1.807) is 13.0 Å². The number of allylic oxidation sites excluding steroid dienone is 1. The minimum absolute atomic E-state index is 0.321. The van der Waals surface area contributed by atoms with Gasteiger partial charge in [-0.05, 0) is 43.8 Å². The van der Waals surface area contributed by atoms with E-state index >= 15 is 0 Å². The number of carbonyl (C=O) groups is 1. The van der Waals surface area contributed by atoms with E-state index in [1.807, 2.05) is 31.2 Å². The van der Waals surface area contributed by atoms with Gasteiger partial charge in [0.15, 0.2) is 5.11 Å². The number of thiocarbonyl (C=S) groups is 1. The van der Waals surface area contributed by atoms with Crippen molar-refractivity contribution in [3.05, 3.63) is 53.8 Å². The average molecular weight is 332 g/mol. The number of hydrogen-bond donors (Lipinski definition) is 2. The normalized spacial score (nSPS) is 17.1. The van der Waals surface area contributed by atoms with Crippen LogP contribution in [0.1, 0.15) is 25.5 Å². The Bertz CT molecular complexity index is 638. The molecule has 0 radical (unpaired) electrons. The highest BCUT2D eigenvalue weighted by molar-refractivity contribution is 7.80. The Morgan fingerprint density at radius 3 is 2.70 bits per heavy atom. The third-order valence-electron chi connectivity index (χ3n) is 3.35. The standard InChI is InChI=1S/C17H20N2O3S/c1-4-10-22-13-8-6-12(7-9-13)15-14(16(20)21-5-2)11(3)18-17(23)19-15/h4,6-9,15H,1,5,10H2,2-3H3,(H2,18,19,23). The predicted octanol–water partition coefficient (Wildman–Crippen LogP) is 2.61. The molecular formula is C17H20N2O3S. The lowest BCUT2D eigenvalue weighted by Gasteiger charge is -2.29. The number of benzene rings is 1. The molecule has 6 heteroatoms. The van der Waals surface area contributed by atoms with E-state index in [-0.39, 0.29) is 12.0 Å². The van der Waals surface area contributed by atoms with Gasteiger partial charge in [0.1, 0.15) is 12.4 Å². The van der Waals surface area contributed by atoms with Gasteiger partial charge in [-0.2, -0.15) is 0 Å². The third-order valence-corrected chi connectivity index (χ3v) is 3.57. The first-order valence-electron chi connectivity index (χ1n) is 7.35. The summed E-state index contributed by atoms with van der Waals surface area (Å²) in [6.45, 7) is 7.98. The Balaban J connectivity index is 2.30. The van der Waals surface area contributed by atoms with E-state index in [0.29, 0.717) is 29.6 Å². The second kappa shape index (κ2) is 7.78. The van der Waals surface area contributed by atoms with Crippen molar-refractivity contribution in [2.75, 3.05) is 13.2 Å². The third kappa shape index (κ3) is 4.10. The first-order chi connectivity index (χ1) is 11.1. The van der Waals surface area contributed by atoms with E-state index in [1.165, 1.54) is 0 Å². The lowest BCUT2D eigenvalue weighted by atomic mass is 9.95. The van der Waals surface area contributed by atoms with Crippen LogP contribution in [0.25, 0.3) is 0 Å². The van der Waals surface area contributed by atoms with Crippen LogP contribution in [0.5, 0.6) is 5.75 Å². The van der Waals surface area contributed by atoms with Crippen LogP contribution in [0, 0.1) is 0 Å². The zero-order valence-corrected chi connectivity index (χ0v) is 14.0. The molecule has 1 aromatic rings. The molecule has 1 heterocycles. The minimum atomic E-state index is -0.357. The molecule has 0 saturated heterocycles. The lowest BCUT2D eigenvalue weighted by molar-refractivity contribution is -0.139. The zero-order valence-electron chi connectivity index (χ0n) is 13.2. The molecule has 23 heavy (non-hydrogen) atoms. The van der Waals surface area contributed by atoms with Crippen molar-refractivity contribution >= 4 is 23.3 Å². The summed E-state index contributed by atoms with van der Waals surface area (Å²) >= 11 is 5.20. The Morgan fingerprint density at radius 2 is 2.09 bits per heavy atom. The number of rotatable bonds is 6. The maximum Gasteiger partial charge on any atom is 0.338 e. The highest BCUT2D eigenvalue weighted by Gasteiger charge is 2.30. The highest BCUT2D eigenvalue weighted by atomic mass is 32.1. The zero-order chi connectivity index (χ0) is 16.8. The van der Waals surface area contributed by atoms with E-state index in [9.17, 15) is 4.79 Å². The molecule has 0 aromatic heterocycles. The summed E-state index contributed by atoms with van der Waals surface area (Å²) in [7, 11) is 0. The summed E-state index contributed by atoms with van der Waals surface area (Å²) in [6, 6.07) is 7.15. The van der Waals surface area contributed by atoms with Crippen molar-refractivity contribution in [2.45, 2.75) is 19.9 Å². The number of esters is 1. The van der Waals surface area contributed by atoms with Crippen molar-refractivity contribution in [3.63, 3.8) is 0 Å². The maximum absolute atomic E-state index is 12.3. The SMILES string of the molecule is C=CCOc1ccc(C2NC(=S)NC(C)=C2C(=O)OCC)cc1. The molecule has 0 amide bonds. The van der Waals surface area contributed by atoms with E-state index in [4.69, 9.17) is 21.7 Å². The fourth-order valence-corrected chi connectivity index (χ4v) is 2.61. The van der Waals surface area contributed by atoms with Gasteiger partial charge >= 0.3 is 5.97 Å². The number of carbonyl (C=O) groups excluding carboxylic acids is 1. The van der Waals surface area contributed by atoms with Gasteiger partial charge in [-0.3, -0.25) is 0 Å². The molecule has 0 aliphatic carbocycles. The van der Waals surface area contributed by atoms with Crippen LogP contribution in [0.4, 0.5) is 0 Å². The van der Waals surface area contributed by atoms with Gasteiger partial charge in [-0.15, -0.1) is 0 Å². The summed E-state index contributed by atoms with van der Waals surface area (Å²) in [6.07, 6.45) is 1.69. The maximum atomic E-state index is 12.3. The predicted molar refractivity (Wildman–Crippen MR) is 93.1 cm³/mol. The van der Waals surface area contributed by atoms with Crippen LogP contribution in [-0.2, 0) is 9.53 Å². The molecule has 1 aliphatic heterocycles. The van der Waals surface area contributed by atoms with Gasteiger partial charge in [-0.1, -0.05) is 24.8 Å². The molecule has 0 saturated carbocycles. The fraction of sp³-hybridized carbons (Fsp3) is 0.294. The van der Waals surface area contributed by atoms with Crippen LogP contribution in [0.2, 0.25) is 0 Å². The number of hydrogen-bond acceptors (Lipinski definition) is 4. The monoisotopic (exact) mass is 332 g/mol. The fourth-order valence-electron chi connectivity index (χ4n) is 2.33. The molecule has 1 aliphatic rings. The summed E-state index contributed by atoms with van der Waals surface area (Å²) in [5.74, 6) is 0.382. The molecule has 0 spiro atoms. The number of ether oxygens (including phenoxy) is 2. The van der Waals surface area contributed by atoms with Gasteiger partial charge in [-0.25, -0.2) is 4.79 Å². The molecule has 1 atom stereocenters. The number of nitrogens with one attached hydrogen (secondary N) is 2. The van der Waals surface area contributed by atoms with Crippen molar-refractivity contribution < 1.29 is 14.3 Å². The smallest absolute Gasteiger partial charge is 0.338 e. The lowest BCUT2D eigenvalue weighted by Crippen LogP contribution is -2.45. The van der Waals surface area contributed by atoms with Crippen molar-refractivity contribution in [2.24, 2.45) is 0 Å². The van der Waals surface area contributed by atoms with Gasteiger partial charge in [0, 0.05) is 5.70 Å². The molecule has 5 nitrogen and oxygen atoms in total. The first kappa shape index (κ1) is 17.0. The molecule has 0 bridgehead atoms. The van der Waals surface area contributed by atoms with Crippen LogP contribution in [-0.4, -0.2) is 24.3 Å². The molecule has 1 aromatic carbocycles. The van der Waals surface area contributed by atoms with Crippen LogP contribution in [0.15, 0.2) is 48.2 Å². The largest absolute Gasteiger partial charge is 0.490 e. The highest BCUT2D eigenvalue weighted by Crippen LogP contribution is 2.28. The Morgan fingerprint density at radius 1 is 1.39 bits per heavy atom. The summed E-state index contributed by atoms with van der Waals surface area (Å²) in [4.78, 5) is 12.3. The summed E-state index contributed by atoms with van der Waals surface area (Å²) in [5.41, 5.74) is 2.13. The molecule has 2 rings (SSSR count). The van der Waals surface area contributed by atoms with Gasteiger partial charge in [0.05, 0.1) is 18.2 Å². The molecule has 1 unspecified atom stereocenters. The van der Waals surface area contributed by atoms with Crippen LogP contribution >= 0.6 is 12.2 Å². The minimum Gasteiger partial charge on any atom is -0.490 e. The average Bonchev–Trinajstić information content (AvgIpc) is 2.52. The second-order valence-electron chi connectivity index (χ2n) is 4.96. The van der Waals surface area contributed by atoms with Gasteiger partial charge < -0.3 is 20.1 Å². The topological polar surface area (TPSA) is 59.6 Å². The quantitative estimate of drug-likeness (QED) is 0.474. The van der Waals surface area contributed by atoms with E-state index in [2.05, 4.69) is 17.2 Å². The molecule has 122 valence electrons. The van der Waals surface area contributed by atoms with E-state index < -0.39 is 0 Å². The molecular weight excluding hydrogens is 312 g/mol. The Kier molecular flexibility index (Phi) is 5.76. The van der Waals surface area contributed by atoms with Crippen molar-refractivity contribution in [3.8, 4) is 5.75 Å². The van der Waals surface area contributed by atoms with E-state index in [0.717, 1.165) is 11.3 Å².